The summed E-state index contributed by atoms with van der Waals surface area (Å²) >= 11 is 0. The maximum absolute atomic E-state index is 12.2. The summed E-state index contributed by atoms with van der Waals surface area (Å²) in [4.78, 5) is 16.5. The smallest absolute Gasteiger partial charge is 0.341 e. The van der Waals surface area contributed by atoms with Crippen LogP contribution in [0.2, 0.25) is 0 Å². The number of esters is 1. The first-order valence-electron chi connectivity index (χ1n) is 7.80. The van der Waals surface area contributed by atoms with Crippen molar-refractivity contribution in [3.05, 3.63) is 35.9 Å². The third kappa shape index (κ3) is 2.94. The van der Waals surface area contributed by atoms with Gasteiger partial charge in [0.2, 0.25) is 0 Å². The fourth-order valence-corrected chi connectivity index (χ4v) is 2.61. The van der Waals surface area contributed by atoms with E-state index in [0.717, 1.165) is 17.5 Å². The standard InChI is InChI=1S/C16H20N6O2/c1-4-24-16(23)13-9-18-15-12(10-20-22(15)3)14(13)17-7-5-11-6-8-19-21(11)2/h6,8-10H,4-5,7H2,1-3H3,(H,17,18). The lowest BCUT2D eigenvalue weighted by Gasteiger charge is -2.12. The van der Waals surface area contributed by atoms with Gasteiger partial charge in [0.25, 0.3) is 0 Å². The first kappa shape index (κ1) is 16.0. The molecule has 0 bridgehead atoms. The molecule has 3 heterocycles. The van der Waals surface area contributed by atoms with Gasteiger partial charge in [-0.3, -0.25) is 9.36 Å². The molecule has 1 N–H and O–H groups in total. The third-order valence-corrected chi connectivity index (χ3v) is 3.86. The van der Waals surface area contributed by atoms with Crippen molar-refractivity contribution < 1.29 is 9.53 Å². The van der Waals surface area contributed by atoms with Crippen LogP contribution in [0.25, 0.3) is 11.0 Å². The van der Waals surface area contributed by atoms with Crippen molar-refractivity contribution in [2.75, 3.05) is 18.5 Å². The van der Waals surface area contributed by atoms with Gasteiger partial charge in [0.15, 0.2) is 5.65 Å². The molecule has 3 aromatic heterocycles. The maximum atomic E-state index is 12.2. The number of nitrogens with one attached hydrogen (secondary N) is 1. The van der Waals surface area contributed by atoms with Crippen LogP contribution >= 0.6 is 0 Å². The SMILES string of the molecule is CCOC(=O)c1cnc2c(cnn2C)c1NCCc1ccnn1C. The number of pyridine rings is 1. The number of rotatable bonds is 6. The Morgan fingerprint density at radius 3 is 2.79 bits per heavy atom. The Kier molecular flexibility index (Phi) is 4.45. The largest absolute Gasteiger partial charge is 0.462 e. The Morgan fingerprint density at radius 1 is 1.25 bits per heavy atom. The predicted octanol–water partition coefficient (Wildman–Crippen LogP) is 1.53. The summed E-state index contributed by atoms with van der Waals surface area (Å²) in [5, 5.41) is 12.5. The van der Waals surface area contributed by atoms with Crippen LogP contribution in [0.1, 0.15) is 23.0 Å². The summed E-state index contributed by atoms with van der Waals surface area (Å²) in [6.45, 7) is 2.75. The molecule has 3 rings (SSSR count). The van der Waals surface area contributed by atoms with Crippen LogP contribution < -0.4 is 5.32 Å². The second kappa shape index (κ2) is 6.69. The average molecular weight is 328 g/mol. The van der Waals surface area contributed by atoms with Gasteiger partial charge in [0, 0.05) is 45.1 Å². The van der Waals surface area contributed by atoms with Crippen molar-refractivity contribution in [2.24, 2.45) is 14.1 Å². The molecular formula is C16H20N6O2. The van der Waals surface area contributed by atoms with Crippen LogP contribution in [0, 0.1) is 0 Å². The van der Waals surface area contributed by atoms with Crippen molar-refractivity contribution in [3.8, 4) is 0 Å². The van der Waals surface area contributed by atoms with Crippen molar-refractivity contribution in [2.45, 2.75) is 13.3 Å². The number of fused-ring (bicyclic) bond motifs is 1. The lowest BCUT2D eigenvalue weighted by molar-refractivity contribution is 0.0527. The van der Waals surface area contributed by atoms with Gasteiger partial charge in [0.1, 0.15) is 5.56 Å². The van der Waals surface area contributed by atoms with Crippen LogP contribution in [0.4, 0.5) is 5.69 Å². The van der Waals surface area contributed by atoms with E-state index in [1.54, 1.807) is 24.0 Å². The van der Waals surface area contributed by atoms with Crippen LogP contribution in [-0.2, 0) is 25.3 Å². The van der Waals surface area contributed by atoms with E-state index >= 15 is 0 Å². The number of ether oxygens (including phenoxy) is 1. The second-order valence-electron chi connectivity index (χ2n) is 5.40. The van der Waals surface area contributed by atoms with Crippen molar-refractivity contribution in [1.29, 1.82) is 0 Å². The minimum atomic E-state index is -0.390. The van der Waals surface area contributed by atoms with Gasteiger partial charge >= 0.3 is 5.97 Å². The van der Waals surface area contributed by atoms with Gasteiger partial charge in [0.05, 0.1) is 23.9 Å². The molecule has 3 aromatic rings. The topological polar surface area (TPSA) is 86.9 Å². The van der Waals surface area contributed by atoms with Crippen LogP contribution in [0.15, 0.2) is 24.7 Å². The van der Waals surface area contributed by atoms with Gasteiger partial charge < -0.3 is 10.1 Å². The minimum absolute atomic E-state index is 0.318. The molecule has 0 aliphatic rings. The number of aryl methyl sites for hydroxylation is 2. The highest BCUT2D eigenvalue weighted by molar-refractivity contribution is 6.04. The van der Waals surface area contributed by atoms with Crippen LogP contribution in [0.3, 0.4) is 0 Å². The van der Waals surface area contributed by atoms with Crippen LogP contribution in [0.5, 0.6) is 0 Å². The normalized spacial score (nSPS) is 11.0. The Morgan fingerprint density at radius 2 is 2.08 bits per heavy atom. The summed E-state index contributed by atoms with van der Waals surface area (Å²) in [6.07, 6.45) is 5.79. The Labute approximate surface area is 139 Å². The molecule has 0 aliphatic carbocycles. The number of aromatic nitrogens is 5. The molecule has 0 amide bonds. The number of hydrogen-bond donors (Lipinski definition) is 1. The molecule has 0 fully saturated rings. The highest BCUT2D eigenvalue weighted by atomic mass is 16.5. The zero-order valence-electron chi connectivity index (χ0n) is 14.0. The molecule has 8 nitrogen and oxygen atoms in total. The van der Waals surface area contributed by atoms with E-state index in [9.17, 15) is 4.79 Å². The summed E-state index contributed by atoms with van der Waals surface area (Å²) in [5.41, 5.74) is 2.94. The molecule has 0 aliphatic heterocycles. The summed E-state index contributed by atoms with van der Waals surface area (Å²) in [7, 11) is 3.73. The van der Waals surface area contributed by atoms with E-state index in [-0.39, 0.29) is 0 Å². The maximum Gasteiger partial charge on any atom is 0.341 e. The lowest BCUT2D eigenvalue weighted by atomic mass is 10.1. The molecule has 0 saturated carbocycles. The molecule has 0 atom stereocenters. The summed E-state index contributed by atoms with van der Waals surface area (Å²) < 4.78 is 8.65. The van der Waals surface area contributed by atoms with Gasteiger partial charge in [-0.1, -0.05) is 0 Å². The van der Waals surface area contributed by atoms with Crippen LogP contribution in [-0.4, -0.2) is 43.7 Å². The molecule has 24 heavy (non-hydrogen) atoms. The molecule has 8 heteroatoms. The third-order valence-electron chi connectivity index (χ3n) is 3.86. The van der Waals surface area contributed by atoms with E-state index in [2.05, 4.69) is 20.5 Å². The Hall–Kier alpha value is -2.90. The summed E-state index contributed by atoms with van der Waals surface area (Å²) in [6, 6.07) is 1.97. The Balaban J connectivity index is 1.89. The molecule has 0 aromatic carbocycles. The number of anilines is 1. The van der Waals surface area contributed by atoms with Crippen molar-refractivity contribution in [3.63, 3.8) is 0 Å². The number of nitrogens with zero attached hydrogens (tertiary/aromatic N) is 5. The zero-order valence-corrected chi connectivity index (χ0v) is 14.0. The molecule has 0 saturated heterocycles. The van der Waals surface area contributed by atoms with E-state index in [1.165, 1.54) is 6.20 Å². The number of hydrogen-bond acceptors (Lipinski definition) is 6. The molecule has 0 spiro atoms. The minimum Gasteiger partial charge on any atom is -0.462 e. The highest BCUT2D eigenvalue weighted by Crippen LogP contribution is 2.26. The van der Waals surface area contributed by atoms with Gasteiger partial charge in [-0.05, 0) is 13.0 Å². The first-order valence-corrected chi connectivity index (χ1v) is 7.80. The predicted molar refractivity (Wildman–Crippen MR) is 89.9 cm³/mol. The average Bonchev–Trinajstić information content (AvgIpc) is 3.14. The van der Waals surface area contributed by atoms with Gasteiger partial charge in [-0.25, -0.2) is 9.78 Å². The molecular weight excluding hydrogens is 308 g/mol. The monoisotopic (exact) mass is 328 g/mol. The van der Waals surface area contributed by atoms with E-state index in [1.807, 2.05) is 24.8 Å². The van der Waals surface area contributed by atoms with E-state index < -0.39 is 5.97 Å². The fraction of sp³-hybridized carbons (Fsp3) is 0.375. The molecule has 0 unspecified atom stereocenters. The molecule has 0 radical (unpaired) electrons. The fourth-order valence-electron chi connectivity index (χ4n) is 2.61. The zero-order chi connectivity index (χ0) is 17.1. The van der Waals surface area contributed by atoms with E-state index in [0.29, 0.717) is 30.0 Å². The summed E-state index contributed by atoms with van der Waals surface area (Å²) in [5.74, 6) is -0.390. The lowest BCUT2D eigenvalue weighted by Crippen LogP contribution is -2.14. The first-order chi connectivity index (χ1) is 11.6. The molecule has 126 valence electrons. The van der Waals surface area contributed by atoms with Gasteiger partial charge in [-0.2, -0.15) is 10.2 Å². The second-order valence-corrected chi connectivity index (χ2v) is 5.40. The quantitative estimate of drug-likeness (QED) is 0.691. The van der Waals surface area contributed by atoms with E-state index in [4.69, 9.17) is 4.74 Å². The van der Waals surface area contributed by atoms with Crippen molar-refractivity contribution in [1.82, 2.24) is 24.5 Å². The highest BCUT2D eigenvalue weighted by Gasteiger charge is 2.18. The Bertz CT molecular complexity index is 867. The van der Waals surface area contributed by atoms with Crippen molar-refractivity contribution >= 4 is 22.7 Å². The number of carbonyl (C=O) groups is 1. The number of carbonyl (C=O) groups excluding carboxylic acids is 1. The van der Waals surface area contributed by atoms with Gasteiger partial charge in [-0.15, -0.1) is 0 Å².